The van der Waals surface area contributed by atoms with Crippen molar-refractivity contribution in [1.29, 1.82) is 0 Å². The van der Waals surface area contributed by atoms with Crippen LogP contribution in [0.25, 0.3) is 0 Å². The molecule has 0 N–H and O–H groups in total. The Labute approximate surface area is 162 Å². The third kappa shape index (κ3) is 6.24. The van der Waals surface area contributed by atoms with E-state index in [9.17, 15) is 4.79 Å². The zero-order chi connectivity index (χ0) is 16.7. The first kappa shape index (κ1) is 21.2. The van der Waals surface area contributed by atoms with Crippen LogP contribution in [0.4, 0.5) is 0 Å². The van der Waals surface area contributed by atoms with E-state index in [4.69, 9.17) is 21.1 Å². The summed E-state index contributed by atoms with van der Waals surface area (Å²) in [5.41, 5.74) is 1.58. The number of aryl methyl sites for hydroxylation is 1. The van der Waals surface area contributed by atoms with Gasteiger partial charge in [-0.2, -0.15) is 0 Å². The van der Waals surface area contributed by atoms with E-state index in [1.54, 1.807) is 6.07 Å². The van der Waals surface area contributed by atoms with Gasteiger partial charge in [0.05, 0.1) is 11.6 Å². The Morgan fingerprint density at radius 3 is 2.46 bits per heavy atom. The predicted molar refractivity (Wildman–Crippen MR) is 103 cm³/mol. The second kappa shape index (κ2) is 10.9. The largest absolute Gasteiger partial charge is 0.491 e. The molecule has 0 aliphatic heterocycles. The molecule has 0 fully saturated rings. The van der Waals surface area contributed by atoms with Gasteiger partial charge in [-0.05, 0) is 51.5 Å². The molecule has 24 heavy (non-hydrogen) atoms. The van der Waals surface area contributed by atoms with E-state index in [1.807, 2.05) is 50.2 Å². The fourth-order valence-corrected chi connectivity index (χ4v) is 3.55. The molecule has 0 aliphatic rings. The van der Waals surface area contributed by atoms with E-state index >= 15 is 0 Å². The number of carbonyl (C=O) groups excluding carboxylic acids is 1. The van der Waals surface area contributed by atoms with Crippen molar-refractivity contribution < 1.29 is 14.3 Å². The molecule has 2 rings (SSSR count). The molecular formula is C18H20ClLiO3P. The van der Waals surface area contributed by atoms with Crippen LogP contribution in [0.5, 0.6) is 5.75 Å². The number of benzene rings is 2. The van der Waals surface area contributed by atoms with Crippen LogP contribution in [0.2, 0.25) is 5.02 Å². The molecule has 0 spiro atoms. The van der Waals surface area contributed by atoms with E-state index in [0.717, 1.165) is 16.6 Å². The van der Waals surface area contributed by atoms with Crippen molar-refractivity contribution >= 4 is 49.9 Å². The molecule has 0 aliphatic carbocycles. The Hall–Kier alpha value is -0.813. The van der Waals surface area contributed by atoms with Gasteiger partial charge in [0.1, 0.15) is 12.4 Å². The van der Waals surface area contributed by atoms with Gasteiger partial charge in [0.15, 0.2) is 5.52 Å². The number of carbonyl (C=O) groups is 1. The van der Waals surface area contributed by atoms with Crippen molar-refractivity contribution in [2.24, 2.45) is 0 Å². The summed E-state index contributed by atoms with van der Waals surface area (Å²) in [5, 5.41) is 1.48. The first-order valence-corrected chi connectivity index (χ1v) is 8.86. The summed E-state index contributed by atoms with van der Waals surface area (Å²) in [6.45, 7) is 5.64. The van der Waals surface area contributed by atoms with Crippen LogP contribution in [-0.4, -0.2) is 44.2 Å². The summed E-state index contributed by atoms with van der Waals surface area (Å²) in [7, 11) is 0.0436. The van der Waals surface area contributed by atoms with Crippen molar-refractivity contribution in [3.8, 4) is 5.75 Å². The van der Waals surface area contributed by atoms with Crippen LogP contribution in [0, 0.1) is 6.92 Å². The van der Waals surface area contributed by atoms with E-state index < -0.39 is 0 Å². The van der Waals surface area contributed by atoms with Crippen LogP contribution in [0.3, 0.4) is 0 Å². The molecule has 0 aromatic heterocycles. The topological polar surface area (TPSA) is 35.5 Å². The maximum Gasteiger partial charge on any atom is 0.187 e. The number of ether oxygens (including phenoxy) is 2. The molecular weight excluding hydrogens is 338 g/mol. The number of hydrogen-bond acceptors (Lipinski definition) is 3. The Kier molecular flexibility index (Phi) is 9.67. The molecule has 1 unspecified atom stereocenters. The number of rotatable bonds is 8. The van der Waals surface area contributed by atoms with Crippen LogP contribution < -0.4 is 10.0 Å². The zero-order valence-electron chi connectivity index (χ0n) is 14.3. The van der Waals surface area contributed by atoms with Gasteiger partial charge in [0.25, 0.3) is 0 Å². The number of hydrogen-bond donors (Lipinski definition) is 0. The van der Waals surface area contributed by atoms with Crippen molar-refractivity contribution in [1.82, 2.24) is 0 Å². The van der Waals surface area contributed by atoms with Crippen molar-refractivity contribution in [2.45, 2.75) is 13.8 Å². The Balaban J connectivity index is 0.00000288. The Bertz CT molecular complexity index is 642. The van der Waals surface area contributed by atoms with Crippen molar-refractivity contribution in [2.75, 3.05) is 19.8 Å². The zero-order valence-corrected chi connectivity index (χ0v) is 16.0. The van der Waals surface area contributed by atoms with Crippen molar-refractivity contribution in [3.05, 3.63) is 58.6 Å². The van der Waals surface area contributed by atoms with Crippen LogP contribution in [-0.2, 0) is 4.74 Å². The summed E-state index contributed by atoms with van der Waals surface area (Å²) in [6.07, 6.45) is 0. The second-order valence-corrected chi connectivity index (χ2v) is 6.64. The summed E-state index contributed by atoms with van der Waals surface area (Å²) < 4.78 is 10.8. The molecule has 2 aromatic rings. The molecule has 1 radical (unpaired) electrons. The molecule has 0 saturated carbocycles. The summed E-state index contributed by atoms with van der Waals surface area (Å²) >= 11 is 6.15. The molecule has 123 valence electrons. The minimum atomic E-state index is 0. The minimum Gasteiger partial charge on any atom is -0.491 e. The molecule has 0 amide bonds. The third-order valence-electron chi connectivity index (χ3n) is 3.26. The van der Waals surface area contributed by atoms with Crippen LogP contribution >= 0.6 is 20.2 Å². The third-order valence-corrected chi connectivity index (χ3v) is 4.68. The van der Waals surface area contributed by atoms with E-state index in [2.05, 4.69) is 0 Å². The van der Waals surface area contributed by atoms with Gasteiger partial charge in [-0.3, -0.25) is 4.79 Å². The average Bonchev–Trinajstić information content (AvgIpc) is 2.53. The molecule has 0 saturated heterocycles. The standard InChI is InChI=1S/C18H20ClO3P.Li/c1-3-21-11-12-22-14-7-9-15(10-8-14)23-18(20)17-13(2)5-4-6-16(17)19;/h4-10,23H,3,11-12H2,1-2H3;. The second-order valence-electron chi connectivity index (χ2n) is 4.96. The van der Waals surface area contributed by atoms with Gasteiger partial charge in [-0.25, -0.2) is 0 Å². The summed E-state index contributed by atoms with van der Waals surface area (Å²) in [4.78, 5) is 12.5. The maximum absolute atomic E-state index is 12.5. The predicted octanol–water partition coefficient (Wildman–Crippen LogP) is 3.83. The fraction of sp³-hybridized carbons (Fsp3) is 0.278. The Morgan fingerprint density at radius 1 is 1.12 bits per heavy atom. The van der Waals surface area contributed by atoms with Crippen molar-refractivity contribution in [3.63, 3.8) is 0 Å². The minimum absolute atomic E-state index is 0. The smallest absolute Gasteiger partial charge is 0.187 e. The normalized spacial score (nSPS) is 10.6. The summed E-state index contributed by atoms with van der Waals surface area (Å²) in [5.74, 6) is 0.777. The first-order valence-electron chi connectivity index (χ1n) is 7.49. The molecule has 0 bridgehead atoms. The fourth-order valence-electron chi connectivity index (χ4n) is 2.11. The Morgan fingerprint density at radius 2 is 1.83 bits per heavy atom. The molecule has 0 heterocycles. The van der Waals surface area contributed by atoms with E-state index in [0.29, 0.717) is 30.4 Å². The quantitative estimate of drug-likeness (QED) is 0.409. The maximum atomic E-state index is 12.5. The van der Waals surface area contributed by atoms with Gasteiger partial charge >= 0.3 is 0 Å². The molecule has 1 atom stereocenters. The van der Waals surface area contributed by atoms with E-state index in [1.165, 1.54) is 0 Å². The van der Waals surface area contributed by atoms with Crippen LogP contribution in [0.1, 0.15) is 22.8 Å². The van der Waals surface area contributed by atoms with Crippen LogP contribution in [0.15, 0.2) is 42.5 Å². The molecule has 2 aromatic carbocycles. The molecule has 6 heteroatoms. The van der Waals surface area contributed by atoms with Gasteiger partial charge in [0.2, 0.25) is 0 Å². The monoisotopic (exact) mass is 357 g/mol. The van der Waals surface area contributed by atoms with Gasteiger partial charge < -0.3 is 9.47 Å². The first-order chi connectivity index (χ1) is 11.1. The van der Waals surface area contributed by atoms with E-state index in [-0.39, 0.29) is 33.0 Å². The van der Waals surface area contributed by atoms with Gasteiger partial charge in [-0.1, -0.05) is 35.9 Å². The SMILES string of the molecule is CCOCCOc1ccc(PC(=O)c2c(C)cccc2Cl)cc1.[Li]. The molecule has 3 nitrogen and oxygen atoms in total. The summed E-state index contributed by atoms with van der Waals surface area (Å²) in [6, 6.07) is 13.1. The number of halogens is 1. The van der Waals surface area contributed by atoms with Gasteiger partial charge in [-0.15, -0.1) is 0 Å². The van der Waals surface area contributed by atoms with Gasteiger partial charge in [0, 0.05) is 31.0 Å². The average molecular weight is 358 g/mol.